The van der Waals surface area contributed by atoms with Crippen molar-refractivity contribution in [3.05, 3.63) is 17.4 Å². The molecule has 0 unspecified atom stereocenters. The van der Waals surface area contributed by atoms with Gasteiger partial charge in [-0.1, -0.05) is 0 Å². The van der Waals surface area contributed by atoms with E-state index in [0.29, 0.717) is 0 Å². The van der Waals surface area contributed by atoms with Gasteiger partial charge in [-0.2, -0.15) is 0 Å². The zero-order valence-corrected chi connectivity index (χ0v) is 8.59. The number of rotatable bonds is 4. The summed E-state index contributed by atoms with van der Waals surface area (Å²) in [7, 11) is 4.19. The lowest BCUT2D eigenvalue weighted by molar-refractivity contribution is -0.884. The van der Waals surface area contributed by atoms with Gasteiger partial charge >= 0.3 is 0 Å². The molecule has 0 radical (unpaired) electrons. The maximum absolute atomic E-state index is 8.76. The molecule has 0 rings (SSSR count). The van der Waals surface area contributed by atoms with Crippen molar-refractivity contribution in [1.82, 2.24) is 0 Å². The van der Waals surface area contributed by atoms with Crippen molar-refractivity contribution in [2.24, 2.45) is 0 Å². The molecular formula is C10H20NO+. The van der Waals surface area contributed by atoms with Crippen LogP contribution in [0.3, 0.4) is 0 Å². The van der Waals surface area contributed by atoms with Gasteiger partial charge in [0.2, 0.25) is 0 Å². The molecule has 0 atom stereocenters. The van der Waals surface area contributed by atoms with E-state index < -0.39 is 0 Å². The standard InChI is InChI=1S/C10H20NO/c1-10(2)6-5-7-11(3,4)8-9-12/h5,12H,7-9H2,1-4H3/q+1. The summed E-state index contributed by atoms with van der Waals surface area (Å²) < 4.78 is 0.816. The smallest absolute Gasteiger partial charge is 0.104 e. The molecule has 0 bridgehead atoms. The third-order valence-corrected chi connectivity index (χ3v) is 1.68. The first kappa shape index (κ1) is 11.4. The summed E-state index contributed by atoms with van der Waals surface area (Å²) in [5.41, 5.74) is 4.35. The minimum atomic E-state index is 0.246. The van der Waals surface area contributed by atoms with Crippen LogP contribution < -0.4 is 0 Å². The summed E-state index contributed by atoms with van der Waals surface area (Å²) in [6.45, 7) is 6.02. The lowest BCUT2D eigenvalue weighted by atomic mass is 10.3. The summed E-state index contributed by atoms with van der Waals surface area (Å²) in [5, 5.41) is 8.76. The van der Waals surface area contributed by atoms with Gasteiger partial charge in [-0.05, 0) is 19.4 Å². The highest BCUT2D eigenvalue weighted by molar-refractivity contribution is 4.93. The topological polar surface area (TPSA) is 20.2 Å². The van der Waals surface area contributed by atoms with Gasteiger partial charge in [-0.15, -0.1) is 5.73 Å². The Labute approximate surface area is 75.4 Å². The summed E-state index contributed by atoms with van der Waals surface area (Å²) in [6, 6.07) is 0. The molecule has 12 heavy (non-hydrogen) atoms. The molecule has 0 aliphatic rings. The second kappa shape index (κ2) is 5.15. The van der Waals surface area contributed by atoms with Crippen LogP contribution in [0.15, 0.2) is 17.4 Å². The molecule has 0 saturated carbocycles. The van der Waals surface area contributed by atoms with Crippen LogP contribution in [0.25, 0.3) is 0 Å². The summed E-state index contributed by atoms with van der Waals surface area (Å²) in [5.74, 6) is 0. The van der Waals surface area contributed by atoms with Crippen LogP contribution >= 0.6 is 0 Å². The number of hydrogen-bond donors (Lipinski definition) is 1. The number of likely N-dealkylation sites (N-methyl/N-ethyl adjacent to an activating group) is 1. The Bertz CT molecular complexity index is 184. The monoisotopic (exact) mass is 170 g/mol. The number of nitrogens with zero attached hydrogens (tertiary/aromatic N) is 1. The molecule has 1 N–H and O–H groups in total. The maximum Gasteiger partial charge on any atom is 0.104 e. The zero-order chi connectivity index (χ0) is 9.61. The Balaban J connectivity index is 3.99. The molecule has 0 aromatic carbocycles. The molecule has 70 valence electrons. The lowest BCUT2D eigenvalue weighted by Gasteiger charge is -2.26. The highest BCUT2D eigenvalue weighted by Gasteiger charge is 2.10. The van der Waals surface area contributed by atoms with Gasteiger partial charge in [-0.25, -0.2) is 0 Å². The van der Waals surface area contributed by atoms with Gasteiger partial charge in [0.25, 0.3) is 0 Å². The van der Waals surface area contributed by atoms with Crippen molar-refractivity contribution in [1.29, 1.82) is 0 Å². The van der Waals surface area contributed by atoms with Crippen LogP contribution in [-0.4, -0.2) is 43.4 Å². The average molecular weight is 170 g/mol. The van der Waals surface area contributed by atoms with Crippen molar-refractivity contribution in [3.8, 4) is 0 Å². The quantitative estimate of drug-likeness (QED) is 0.496. The minimum absolute atomic E-state index is 0.246. The molecule has 0 heterocycles. The Morgan fingerprint density at radius 3 is 2.42 bits per heavy atom. The van der Waals surface area contributed by atoms with E-state index >= 15 is 0 Å². The summed E-state index contributed by atoms with van der Waals surface area (Å²) in [4.78, 5) is 0. The summed E-state index contributed by atoms with van der Waals surface area (Å²) >= 11 is 0. The van der Waals surface area contributed by atoms with E-state index in [0.717, 1.165) is 17.6 Å². The van der Waals surface area contributed by atoms with Crippen LogP contribution in [0.2, 0.25) is 0 Å². The van der Waals surface area contributed by atoms with E-state index in [1.807, 2.05) is 19.9 Å². The molecule has 0 aliphatic carbocycles. The van der Waals surface area contributed by atoms with Crippen molar-refractivity contribution in [2.75, 3.05) is 33.8 Å². The highest BCUT2D eigenvalue weighted by Crippen LogP contribution is 1.95. The molecule has 2 heteroatoms. The Kier molecular flexibility index (Phi) is 4.91. The molecular weight excluding hydrogens is 150 g/mol. The highest BCUT2D eigenvalue weighted by atomic mass is 16.3. The largest absolute Gasteiger partial charge is 0.391 e. The van der Waals surface area contributed by atoms with Gasteiger partial charge in [0.1, 0.15) is 13.1 Å². The van der Waals surface area contributed by atoms with Gasteiger partial charge in [0.05, 0.1) is 20.7 Å². The van der Waals surface area contributed by atoms with Gasteiger partial charge < -0.3 is 9.59 Å². The number of aliphatic hydroxyl groups excluding tert-OH is 1. The van der Waals surface area contributed by atoms with Crippen LogP contribution in [0.1, 0.15) is 13.8 Å². The number of quaternary nitrogens is 1. The maximum atomic E-state index is 8.76. The third kappa shape index (κ3) is 6.17. The van der Waals surface area contributed by atoms with Gasteiger partial charge in [-0.3, -0.25) is 0 Å². The fourth-order valence-electron chi connectivity index (χ4n) is 0.859. The summed E-state index contributed by atoms with van der Waals surface area (Å²) in [6.07, 6.45) is 2.03. The van der Waals surface area contributed by atoms with Crippen molar-refractivity contribution in [3.63, 3.8) is 0 Å². The van der Waals surface area contributed by atoms with Crippen molar-refractivity contribution in [2.45, 2.75) is 13.8 Å². The van der Waals surface area contributed by atoms with Crippen molar-refractivity contribution >= 4 is 0 Å². The van der Waals surface area contributed by atoms with Crippen LogP contribution in [0.4, 0.5) is 0 Å². The normalized spacial score (nSPS) is 10.8. The first-order valence-corrected chi connectivity index (χ1v) is 4.29. The van der Waals surface area contributed by atoms with Crippen LogP contribution in [-0.2, 0) is 0 Å². The molecule has 0 aliphatic heterocycles. The number of aliphatic hydroxyl groups is 1. The lowest BCUT2D eigenvalue weighted by Crippen LogP contribution is -2.41. The predicted octanol–water partition coefficient (Wildman–Crippen LogP) is 1.18. The van der Waals surface area contributed by atoms with E-state index in [2.05, 4.69) is 19.8 Å². The zero-order valence-electron chi connectivity index (χ0n) is 8.59. The molecule has 0 amide bonds. The minimum Gasteiger partial charge on any atom is -0.391 e. The predicted molar refractivity (Wildman–Crippen MR) is 51.9 cm³/mol. The van der Waals surface area contributed by atoms with E-state index in [1.54, 1.807) is 0 Å². The molecule has 0 saturated heterocycles. The van der Waals surface area contributed by atoms with Crippen molar-refractivity contribution < 1.29 is 9.59 Å². The van der Waals surface area contributed by atoms with Crippen LogP contribution in [0.5, 0.6) is 0 Å². The van der Waals surface area contributed by atoms with Crippen LogP contribution in [0, 0.1) is 0 Å². The molecule has 2 nitrogen and oxygen atoms in total. The van der Waals surface area contributed by atoms with E-state index in [4.69, 9.17) is 5.11 Å². The van der Waals surface area contributed by atoms with E-state index in [1.165, 1.54) is 5.57 Å². The van der Waals surface area contributed by atoms with E-state index in [-0.39, 0.29) is 6.61 Å². The Morgan fingerprint density at radius 1 is 1.42 bits per heavy atom. The molecule has 0 spiro atoms. The fourth-order valence-corrected chi connectivity index (χ4v) is 0.859. The second-order valence-corrected chi connectivity index (χ2v) is 3.91. The Hall–Kier alpha value is -0.560. The number of hydrogen-bond acceptors (Lipinski definition) is 1. The molecule has 0 fully saturated rings. The Morgan fingerprint density at radius 2 is 2.00 bits per heavy atom. The second-order valence-electron chi connectivity index (χ2n) is 3.91. The molecule has 0 aromatic rings. The average Bonchev–Trinajstić information content (AvgIpc) is 1.85. The first-order chi connectivity index (χ1) is 5.48. The van der Waals surface area contributed by atoms with E-state index in [9.17, 15) is 0 Å². The van der Waals surface area contributed by atoms with Gasteiger partial charge in [0, 0.05) is 6.08 Å². The third-order valence-electron chi connectivity index (χ3n) is 1.68. The van der Waals surface area contributed by atoms with Gasteiger partial charge in [0.15, 0.2) is 0 Å². The SMILES string of the molecule is CC(C)=C=CC[N+](C)(C)CCO. The fraction of sp³-hybridized carbons (Fsp3) is 0.700. The first-order valence-electron chi connectivity index (χ1n) is 4.29. The molecule has 0 aromatic heterocycles.